The summed E-state index contributed by atoms with van der Waals surface area (Å²) in [6, 6.07) is 20.0. The van der Waals surface area contributed by atoms with Crippen LogP contribution in [0.15, 0.2) is 83.4 Å². The quantitative estimate of drug-likeness (QED) is 0.183. The molecule has 0 unspecified atom stereocenters. The first-order chi connectivity index (χ1) is 18.1. The highest BCUT2D eigenvalue weighted by atomic mass is 32.2. The number of rotatable bonds is 7. The van der Waals surface area contributed by atoms with Crippen LogP contribution in [0, 0.1) is 17.0 Å². The second-order valence-corrected chi connectivity index (χ2v) is 11.0. The van der Waals surface area contributed by atoms with Gasteiger partial charge in [0.15, 0.2) is 5.11 Å². The monoisotopic (exact) mass is 549 g/mol. The molecule has 4 aromatic rings. The van der Waals surface area contributed by atoms with Crippen molar-refractivity contribution in [2.45, 2.75) is 19.0 Å². The van der Waals surface area contributed by atoms with Crippen molar-refractivity contribution in [1.29, 1.82) is 0 Å². The van der Waals surface area contributed by atoms with Gasteiger partial charge in [0.05, 0.1) is 28.6 Å². The SMILES string of the molecule is Cc1cc(N2C(=S)N[C@H](c3ccccn3)[C@H]2c2ccc(-c3cccc([N+](=O)[O-])c3)o2)ccc1NS(C)(=O)=O. The molecule has 5 rings (SSSR count). The topological polar surface area (TPSA) is 131 Å². The van der Waals surface area contributed by atoms with Gasteiger partial charge < -0.3 is 14.6 Å². The average molecular weight is 550 g/mol. The molecule has 2 N–H and O–H groups in total. The summed E-state index contributed by atoms with van der Waals surface area (Å²) < 4.78 is 32.3. The molecule has 0 aliphatic carbocycles. The molecule has 1 saturated heterocycles. The van der Waals surface area contributed by atoms with Gasteiger partial charge in [0.2, 0.25) is 10.0 Å². The fraction of sp³-hybridized carbons (Fsp3) is 0.154. The van der Waals surface area contributed by atoms with Crippen molar-refractivity contribution in [3.8, 4) is 11.3 Å². The Balaban J connectivity index is 1.58. The molecule has 2 aromatic carbocycles. The summed E-state index contributed by atoms with van der Waals surface area (Å²) in [6.07, 6.45) is 2.80. The van der Waals surface area contributed by atoms with Crippen LogP contribution in [-0.4, -0.2) is 29.7 Å². The van der Waals surface area contributed by atoms with E-state index in [4.69, 9.17) is 16.6 Å². The van der Waals surface area contributed by atoms with Crippen LogP contribution in [0.25, 0.3) is 11.3 Å². The normalized spacial score (nSPS) is 17.3. The number of furan rings is 1. The van der Waals surface area contributed by atoms with Crippen LogP contribution in [0.4, 0.5) is 17.1 Å². The summed E-state index contributed by atoms with van der Waals surface area (Å²) >= 11 is 5.75. The van der Waals surface area contributed by atoms with Crippen LogP contribution in [0.3, 0.4) is 0 Å². The minimum atomic E-state index is -3.44. The van der Waals surface area contributed by atoms with E-state index < -0.39 is 21.0 Å². The van der Waals surface area contributed by atoms with Crippen molar-refractivity contribution >= 4 is 44.4 Å². The number of aromatic nitrogens is 1. The molecule has 3 heterocycles. The van der Waals surface area contributed by atoms with Crippen LogP contribution < -0.4 is 14.9 Å². The number of nitrogens with one attached hydrogen (secondary N) is 2. The van der Waals surface area contributed by atoms with E-state index in [0.29, 0.717) is 33.4 Å². The molecule has 1 aliphatic rings. The van der Waals surface area contributed by atoms with Crippen LogP contribution in [-0.2, 0) is 10.0 Å². The molecular formula is C26H23N5O5S2. The number of anilines is 2. The van der Waals surface area contributed by atoms with Crippen LogP contribution >= 0.6 is 12.2 Å². The summed E-state index contributed by atoms with van der Waals surface area (Å²) in [7, 11) is -3.44. The predicted octanol–water partition coefficient (Wildman–Crippen LogP) is 5.11. The van der Waals surface area contributed by atoms with Crippen molar-refractivity contribution in [2.24, 2.45) is 0 Å². The zero-order chi connectivity index (χ0) is 27.0. The van der Waals surface area contributed by atoms with Crippen molar-refractivity contribution in [2.75, 3.05) is 15.9 Å². The molecule has 38 heavy (non-hydrogen) atoms. The summed E-state index contributed by atoms with van der Waals surface area (Å²) in [5.41, 5.74) is 3.21. The molecule has 0 spiro atoms. The molecule has 0 bridgehead atoms. The summed E-state index contributed by atoms with van der Waals surface area (Å²) in [4.78, 5) is 17.2. The minimum absolute atomic E-state index is 0.0320. The molecule has 0 radical (unpaired) electrons. The zero-order valence-electron chi connectivity index (χ0n) is 20.4. The van der Waals surface area contributed by atoms with E-state index in [1.807, 2.05) is 42.2 Å². The number of nitro groups is 1. The Kier molecular flexibility index (Phi) is 6.59. The maximum absolute atomic E-state index is 11.8. The number of hydrogen-bond acceptors (Lipinski definition) is 7. The summed E-state index contributed by atoms with van der Waals surface area (Å²) in [6.45, 7) is 1.81. The lowest BCUT2D eigenvalue weighted by Gasteiger charge is -2.26. The highest BCUT2D eigenvalue weighted by molar-refractivity contribution is 7.92. The minimum Gasteiger partial charge on any atom is -0.459 e. The Hall–Kier alpha value is -4.29. The maximum atomic E-state index is 11.8. The lowest BCUT2D eigenvalue weighted by atomic mass is 10.0. The van der Waals surface area contributed by atoms with Crippen molar-refractivity contribution in [3.05, 3.63) is 106 Å². The number of benzene rings is 2. The second kappa shape index (κ2) is 9.88. The molecular weight excluding hydrogens is 526 g/mol. The van der Waals surface area contributed by atoms with Crippen molar-refractivity contribution in [3.63, 3.8) is 0 Å². The fourth-order valence-corrected chi connectivity index (χ4v) is 5.45. The standard InChI is InChI=1S/C26H23N5O5S2/c1-16-14-18(9-10-20(16)29-38(2,34)35)30-25(24(28-26(30)37)21-8-3-4-13-27-21)23-12-11-22(36-23)17-6-5-7-19(15-17)31(32)33/h3-15,24-25,29H,1-2H3,(H,28,37)/t24-,25-/m1/s1. The predicted molar refractivity (Wildman–Crippen MR) is 148 cm³/mol. The third-order valence-corrected chi connectivity index (χ3v) is 7.05. The molecule has 0 saturated carbocycles. The first-order valence-corrected chi connectivity index (χ1v) is 13.8. The lowest BCUT2D eigenvalue weighted by molar-refractivity contribution is -0.384. The van der Waals surface area contributed by atoms with Gasteiger partial charge in [0.25, 0.3) is 5.69 Å². The molecule has 1 fully saturated rings. The second-order valence-electron chi connectivity index (χ2n) is 8.88. The van der Waals surface area contributed by atoms with E-state index in [2.05, 4.69) is 15.0 Å². The summed E-state index contributed by atoms with van der Waals surface area (Å²) in [5.74, 6) is 1.05. The van der Waals surface area contributed by atoms with Gasteiger partial charge in [-0.3, -0.25) is 19.8 Å². The number of nitro benzene ring substituents is 1. The Bertz CT molecular complexity index is 1640. The average Bonchev–Trinajstić information content (AvgIpc) is 3.50. The largest absolute Gasteiger partial charge is 0.459 e. The van der Waals surface area contributed by atoms with Gasteiger partial charge in [0, 0.05) is 29.6 Å². The smallest absolute Gasteiger partial charge is 0.270 e. The highest BCUT2D eigenvalue weighted by Crippen LogP contribution is 2.43. The Labute approximate surface area is 224 Å². The third kappa shape index (κ3) is 5.08. The van der Waals surface area contributed by atoms with E-state index in [9.17, 15) is 18.5 Å². The number of aryl methyl sites for hydroxylation is 1. The number of nitrogens with zero attached hydrogens (tertiary/aromatic N) is 3. The van der Waals surface area contributed by atoms with Gasteiger partial charge in [-0.15, -0.1) is 0 Å². The van der Waals surface area contributed by atoms with E-state index in [1.165, 1.54) is 12.1 Å². The number of hydrogen-bond donors (Lipinski definition) is 2. The fourth-order valence-electron chi connectivity index (χ4n) is 4.47. The first kappa shape index (κ1) is 25.4. The van der Waals surface area contributed by atoms with Gasteiger partial charge in [-0.1, -0.05) is 18.2 Å². The Morgan fingerprint density at radius 3 is 2.61 bits per heavy atom. The van der Waals surface area contributed by atoms with Gasteiger partial charge >= 0.3 is 0 Å². The molecule has 12 heteroatoms. The Morgan fingerprint density at radius 1 is 1.11 bits per heavy atom. The molecule has 2 aromatic heterocycles. The number of non-ortho nitro benzene ring substituents is 1. The van der Waals surface area contributed by atoms with Gasteiger partial charge in [0.1, 0.15) is 17.6 Å². The highest BCUT2D eigenvalue weighted by Gasteiger charge is 2.42. The number of sulfonamides is 1. The van der Waals surface area contributed by atoms with Crippen LogP contribution in [0.2, 0.25) is 0 Å². The van der Waals surface area contributed by atoms with Crippen LogP contribution in [0.5, 0.6) is 0 Å². The van der Waals surface area contributed by atoms with E-state index in [-0.39, 0.29) is 11.7 Å². The molecule has 2 atom stereocenters. The van der Waals surface area contributed by atoms with E-state index >= 15 is 0 Å². The molecule has 0 amide bonds. The number of thiocarbonyl (C=S) groups is 1. The van der Waals surface area contributed by atoms with Gasteiger partial charge in [-0.05, 0) is 67.2 Å². The Morgan fingerprint density at radius 2 is 1.92 bits per heavy atom. The maximum Gasteiger partial charge on any atom is 0.270 e. The van der Waals surface area contributed by atoms with Crippen molar-refractivity contribution < 1.29 is 17.8 Å². The molecule has 1 aliphatic heterocycles. The molecule has 194 valence electrons. The van der Waals surface area contributed by atoms with E-state index in [1.54, 1.807) is 36.5 Å². The third-order valence-electron chi connectivity index (χ3n) is 6.14. The lowest BCUT2D eigenvalue weighted by Crippen LogP contribution is -2.29. The molecule has 10 nitrogen and oxygen atoms in total. The first-order valence-electron chi connectivity index (χ1n) is 11.5. The zero-order valence-corrected chi connectivity index (χ0v) is 22.0. The van der Waals surface area contributed by atoms with Gasteiger partial charge in [-0.25, -0.2) is 8.42 Å². The number of pyridine rings is 1. The van der Waals surface area contributed by atoms with Crippen LogP contribution in [0.1, 0.15) is 29.1 Å². The summed E-state index contributed by atoms with van der Waals surface area (Å²) in [5, 5.41) is 15.1. The van der Waals surface area contributed by atoms with Gasteiger partial charge in [-0.2, -0.15) is 0 Å². The van der Waals surface area contributed by atoms with Crippen molar-refractivity contribution in [1.82, 2.24) is 10.3 Å². The van der Waals surface area contributed by atoms with E-state index in [0.717, 1.165) is 17.6 Å².